The van der Waals surface area contributed by atoms with Gasteiger partial charge in [0.2, 0.25) is 5.89 Å². The van der Waals surface area contributed by atoms with Crippen LogP contribution < -0.4 is 0 Å². The molecule has 6 rings (SSSR count). The first-order chi connectivity index (χ1) is 15.8. The molecule has 1 fully saturated rings. The zero-order valence-corrected chi connectivity index (χ0v) is 18.6. The molecule has 1 saturated heterocycles. The molecule has 1 aromatic carbocycles. The lowest BCUT2D eigenvalue weighted by molar-refractivity contribution is 0.0577. The highest BCUT2D eigenvalue weighted by atomic mass is 32.1. The predicted molar refractivity (Wildman–Crippen MR) is 124 cm³/mol. The Morgan fingerprint density at radius 3 is 2.91 bits per heavy atom. The number of pyridine rings is 1. The number of aryl methyl sites for hydroxylation is 2. The van der Waals surface area contributed by atoms with Crippen molar-refractivity contribution in [2.75, 3.05) is 6.54 Å². The van der Waals surface area contributed by atoms with Crippen molar-refractivity contribution in [1.82, 2.24) is 20.1 Å². The van der Waals surface area contributed by atoms with E-state index in [9.17, 15) is 4.79 Å². The smallest absolute Gasteiger partial charge is 0.267 e. The van der Waals surface area contributed by atoms with Crippen molar-refractivity contribution in [1.29, 1.82) is 0 Å². The van der Waals surface area contributed by atoms with Gasteiger partial charge in [-0.2, -0.15) is 0 Å². The van der Waals surface area contributed by atoms with Crippen molar-refractivity contribution in [3.8, 4) is 11.6 Å². The summed E-state index contributed by atoms with van der Waals surface area (Å²) in [6.45, 7) is 0.719. The third-order valence-corrected chi connectivity index (χ3v) is 7.80. The number of aromatic nitrogens is 3. The number of carbonyl (C=O) groups is 1. The highest BCUT2D eigenvalue weighted by molar-refractivity contribution is 7.14. The molecular weight excluding hydrogens is 420 g/mol. The Kier molecular flexibility index (Phi) is 4.98. The molecule has 0 bridgehead atoms. The van der Waals surface area contributed by atoms with Crippen molar-refractivity contribution in [2.24, 2.45) is 0 Å². The minimum absolute atomic E-state index is 0.0946. The first kappa shape index (κ1) is 19.6. The highest BCUT2D eigenvalue weighted by Gasteiger charge is 2.34. The molecule has 0 radical (unpaired) electrons. The molecule has 32 heavy (non-hydrogen) atoms. The second-order valence-electron chi connectivity index (χ2n) is 8.60. The molecule has 2 aliphatic rings. The van der Waals surface area contributed by atoms with E-state index in [0.717, 1.165) is 54.3 Å². The fourth-order valence-electron chi connectivity index (χ4n) is 4.92. The largest absolute Gasteiger partial charge is 0.417 e. The van der Waals surface area contributed by atoms with E-state index in [1.807, 2.05) is 35.2 Å². The van der Waals surface area contributed by atoms with Crippen molar-refractivity contribution in [3.63, 3.8) is 0 Å². The molecule has 0 unspecified atom stereocenters. The van der Waals surface area contributed by atoms with Gasteiger partial charge in [0.05, 0.1) is 4.88 Å². The van der Waals surface area contributed by atoms with Gasteiger partial charge < -0.3 is 9.32 Å². The van der Waals surface area contributed by atoms with Crippen LogP contribution in [0.4, 0.5) is 0 Å². The summed E-state index contributed by atoms with van der Waals surface area (Å²) in [6, 6.07) is 11.9. The van der Waals surface area contributed by atoms with Crippen LogP contribution >= 0.6 is 11.3 Å². The molecule has 7 heteroatoms. The SMILES string of the molecule is O=C(c1cc2c(s1)CCCC2)N1CCCC[C@H]1c1nnc(-c2nccc3ccccc23)o1. The van der Waals surface area contributed by atoms with Crippen LogP contribution in [0.15, 0.2) is 47.0 Å². The average Bonchev–Trinajstić information content (AvgIpc) is 3.51. The van der Waals surface area contributed by atoms with Crippen LogP contribution in [0.2, 0.25) is 0 Å². The molecule has 162 valence electrons. The van der Waals surface area contributed by atoms with E-state index in [0.29, 0.717) is 17.5 Å². The fraction of sp³-hybridized carbons (Fsp3) is 0.360. The maximum absolute atomic E-state index is 13.5. The molecule has 0 saturated carbocycles. The van der Waals surface area contributed by atoms with Crippen molar-refractivity contribution >= 4 is 28.0 Å². The molecule has 4 heterocycles. The maximum Gasteiger partial charge on any atom is 0.267 e. The van der Waals surface area contributed by atoms with E-state index in [-0.39, 0.29) is 11.9 Å². The molecular formula is C25H24N4O2S. The van der Waals surface area contributed by atoms with E-state index in [1.165, 1.54) is 23.3 Å². The number of benzene rings is 1. The third kappa shape index (κ3) is 3.41. The molecule has 1 atom stereocenters. The van der Waals surface area contributed by atoms with E-state index in [2.05, 4.69) is 21.2 Å². The molecule has 1 aliphatic heterocycles. The number of carbonyl (C=O) groups excluding carboxylic acids is 1. The van der Waals surface area contributed by atoms with Gasteiger partial charge in [-0.05, 0) is 68.0 Å². The van der Waals surface area contributed by atoms with Gasteiger partial charge in [-0.25, -0.2) is 0 Å². The Morgan fingerprint density at radius 2 is 1.97 bits per heavy atom. The molecule has 4 aromatic rings. The molecule has 0 spiro atoms. The van der Waals surface area contributed by atoms with Crippen molar-refractivity contribution < 1.29 is 9.21 Å². The van der Waals surface area contributed by atoms with E-state index >= 15 is 0 Å². The summed E-state index contributed by atoms with van der Waals surface area (Å²) in [5.74, 6) is 1.00. The topological polar surface area (TPSA) is 72.1 Å². The zero-order chi connectivity index (χ0) is 21.5. The first-order valence-electron chi connectivity index (χ1n) is 11.4. The van der Waals surface area contributed by atoms with Gasteiger partial charge in [0.1, 0.15) is 11.7 Å². The van der Waals surface area contributed by atoms with Gasteiger partial charge in [0, 0.05) is 23.0 Å². The summed E-state index contributed by atoms with van der Waals surface area (Å²) < 4.78 is 6.14. The Hall–Kier alpha value is -3.06. The number of fused-ring (bicyclic) bond motifs is 2. The fourth-order valence-corrected chi connectivity index (χ4v) is 6.13. The van der Waals surface area contributed by atoms with E-state index < -0.39 is 0 Å². The summed E-state index contributed by atoms with van der Waals surface area (Å²) >= 11 is 1.67. The molecule has 6 nitrogen and oxygen atoms in total. The van der Waals surface area contributed by atoms with Crippen LogP contribution in [-0.4, -0.2) is 32.5 Å². The number of hydrogen-bond donors (Lipinski definition) is 0. The standard InChI is InChI=1S/C25H24N4O2S/c30-25(21-15-17-8-2-4-11-20(17)32-21)29-14-6-5-10-19(29)23-27-28-24(31-23)22-18-9-3-1-7-16(18)12-13-26-22/h1,3,7,9,12-13,15,19H,2,4-6,8,10-11,14H2/t19-/m0/s1. The molecule has 1 amide bonds. The number of thiophene rings is 1. The van der Waals surface area contributed by atoms with Crippen LogP contribution in [0.5, 0.6) is 0 Å². The van der Waals surface area contributed by atoms with Crippen LogP contribution in [0.1, 0.15) is 64.1 Å². The Morgan fingerprint density at radius 1 is 1.06 bits per heavy atom. The first-order valence-corrected chi connectivity index (χ1v) is 12.2. The van der Waals surface area contributed by atoms with Gasteiger partial charge >= 0.3 is 0 Å². The number of amides is 1. The van der Waals surface area contributed by atoms with E-state index in [1.54, 1.807) is 17.5 Å². The summed E-state index contributed by atoms with van der Waals surface area (Å²) in [7, 11) is 0. The van der Waals surface area contributed by atoms with Gasteiger partial charge in [0.15, 0.2) is 0 Å². The minimum Gasteiger partial charge on any atom is -0.417 e. The Labute approximate surface area is 190 Å². The molecule has 1 aliphatic carbocycles. The van der Waals surface area contributed by atoms with Gasteiger partial charge in [0.25, 0.3) is 11.8 Å². The van der Waals surface area contributed by atoms with Crippen LogP contribution in [0, 0.1) is 0 Å². The van der Waals surface area contributed by atoms with Crippen molar-refractivity contribution in [3.05, 3.63) is 63.8 Å². The lowest BCUT2D eigenvalue weighted by atomic mass is 9.99. The number of likely N-dealkylation sites (tertiary alicyclic amines) is 1. The number of hydrogen-bond acceptors (Lipinski definition) is 6. The molecule has 0 N–H and O–H groups in total. The minimum atomic E-state index is -0.188. The van der Waals surface area contributed by atoms with Crippen LogP contribution in [-0.2, 0) is 12.8 Å². The second-order valence-corrected chi connectivity index (χ2v) is 9.74. The monoisotopic (exact) mass is 444 g/mol. The lowest BCUT2D eigenvalue weighted by Crippen LogP contribution is -2.38. The average molecular weight is 445 g/mol. The Bertz CT molecular complexity index is 1270. The number of rotatable bonds is 3. The maximum atomic E-state index is 13.5. The normalized spacial score (nSPS) is 18.6. The summed E-state index contributed by atoms with van der Waals surface area (Å²) in [5, 5.41) is 10.7. The second kappa shape index (κ2) is 8.13. The highest BCUT2D eigenvalue weighted by Crippen LogP contribution is 2.36. The summed E-state index contributed by atoms with van der Waals surface area (Å²) in [6.07, 6.45) is 9.27. The van der Waals surface area contributed by atoms with Crippen molar-refractivity contribution in [2.45, 2.75) is 51.0 Å². The quantitative estimate of drug-likeness (QED) is 0.412. The van der Waals surface area contributed by atoms with Crippen LogP contribution in [0.3, 0.4) is 0 Å². The van der Waals surface area contributed by atoms with E-state index in [4.69, 9.17) is 4.42 Å². The number of nitrogens with zero attached hydrogens (tertiary/aromatic N) is 4. The molecule has 3 aromatic heterocycles. The number of piperidine rings is 1. The predicted octanol–water partition coefficient (Wildman–Crippen LogP) is 5.59. The third-order valence-electron chi connectivity index (χ3n) is 6.57. The van der Waals surface area contributed by atoms with Gasteiger partial charge in [-0.3, -0.25) is 9.78 Å². The van der Waals surface area contributed by atoms with Gasteiger partial charge in [-0.15, -0.1) is 21.5 Å². The van der Waals surface area contributed by atoms with Crippen LogP contribution in [0.25, 0.3) is 22.4 Å². The van der Waals surface area contributed by atoms with Gasteiger partial charge in [-0.1, -0.05) is 24.3 Å². The lowest BCUT2D eigenvalue weighted by Gasteiger charge is -2.33. The summed E-state index contributed by atoms with van der Waals surface area (Å²) in [5.41, 5.74) is 2.04. The summed E-state index contributed by atoms with van der Waals surface area (Å²) in [4.78, 5) is 22.2. The zero-order valence-electron chi connectivity index (χ0n) is 17.8. The Balaban J connectivity index is 1.32.